The van der Waals surface area contributed by atoms with Gasteiger partial charge in [-0.1, -0.05) is 0 Å². The Morgan fingerprint density at radius 1 is 1.40 bits per heavy atom. The fraction of sp³-hybridized carbons (Fsp3) is 0. The molecule has 0 aliphatic heterocycles. The summed E-state index contributed by atoms with van der Waals surface area (Å²) in [5.74, 6) is -1.57. The van der Waals surface area contributed by atoms with E-state index in [0.717, 1.165) is 6.20 Å². The highest BCUT2D eigenvalue weighted by Crippen LogP contribution is 2.21. The van der Waals surface area contributed by atoms with Crippen molar-refractivity contribution >= 4 is 5.97 Å². The van der Waals surface area contributed by atoms with Gasteiger partial charge in [-0.25, -0.2) is 9.18 Å². The lowest BCUT2D eigenvalue weighted by Gasteiger charge is -1.95. The number of aromatic carboxylic acids is 1. The zero-order valence-corrected chi connectivity index (χ0v) is 7.48. The molecule has 15 heavy (non-hydrogen) atoms. The van der Waals surface area contributed by atoms with E-state index in [4.69, 9.17) is 9.52 Å². The van der Waals surface area contributed by atoms with Crippen molar-refractivity contribution in [3.05, 3.63) is 42.2 Å². The van der Waals surface area contributed by atoms with E-state index in [1.54, 1.807) is 0 Å². The Balaban J connectivity index is 2.41. The number of carboxylic acid groups (broad SMARTS) is 1. The van der Waals surface area contributed by atoms with Crippen LogP contribution in [0.3, 0.4) is 0 Å². The molecular formula is C10H6FNO3. The maximum Gasteiger partial charge on any atom is 0.371 e. The van der Waals surface area contributed by atoms with Gasteiger partial charge in [0.1, 0.15) is 11.6 Å². The number of halogens is 1. The Morgan fingerprint density at radius 3 is 2.80 bits per heavy atom. The summed E-state index contributed by atoms with van der Waals surface area (Å²) in [4.78, 5) is 14.2. The first kappa shape index (κ1) is 9.39. The van der Waals surface area contributed by atoms with E-state index < -0.39 is 11.8 Å². The van der Waals surface area contributed by atoms with Crippen molar-refractivity contribution in [3.8, 4) is 11.3 Å². The van der Waals surface area contributed by atoms with E-state index in [0.29, 0.717) is 5.56 Å². The standard InChI is InChI=1S/C10H6FNO3/c11-7-3-6(4-12-5-7)8-1-2-9(15-8)10(13)14/h1-5H,(H,13,14). The molecule has 0 saturated carbocycles. The van der Waals surface area contributed by atoms with Gasteiger partial charge in [-0.05, 0) is 18.2 Å². The predicted molar refractivity (Wildman–Crippen MR) is 48.9 cm³/mol. The lowest BCUT2D eigenvalue weighted by molar-refractivity contribution is 0.0663. The Bertz CT molecular complexity index is 507. The first-order valence-corrected chi connectivity index (χ1v) is 4.11. The minimum absolute atomic E-state index is 0.186. The number of nitrogens with zero attached hydrogens (tertiary/aromatic N) is 1. The molecule has 1 N–H and O–H groups in total. The van der Waals surface area contributed by atoms with Crippen LogP contribution in [-0.4, -0.2) is 16.1 Å². The molecule has 2 rings (SSSR count). The summed E-state index contributed by atoms with van der Waals surface area (Å²) in [5, 5.41) is 8.62. The Labute approximate surface area is 84.0 Å². The van der Waals surface area contributed by atoms with Gasteiger partial charge in [-0.3, -0.25) is 4.98 Å². The molecule has 0 saturated heterocycles. The fourth-order valence-corrected chi connectivity index (χ4v) is 1.15. The van der Waals surface area contributed by atoms with Crippen LogP contribution < -0.4 is 0 Å². The molecule has 0 bridgehead atoms. The molecule has 0 amide bonds. The summed E-state index contributed by atoms with van der Waals surface area (Å²) in [5.41, 5.74) is 0.405. The molecule has 0 radical (unpaired) electrons. The lowest BCUT2D eigenvalue weighted by Crippen LogP contribution is -1.91. The number of hydrogen-bond donors (Lipinski definition) is 1. The third-order valence-electron chi connectivity index (χ3n) is 1.81. The molecule has 76 valence electrons. The van der Waals surface area contributed by atoms with E-state index in [1.165, 1.54) is 24.4 Å². The molecule has 4 nitrogen and oxygen atoms in total. The van der Waals surface area contributed by atoms with Gasteiger partial charge in [0, 0.05) is 11.8 Å². The van der Waals surface area contributed by atoms with Crippen LogP contribution in [0.15, 0.2) is 35.0 Å². The van der Waals surface area contributed by atoms with Crippen molar-refractivity contribution in [1.29, 1.82) is 0 Å². The summed E-state index contributed by atoms with van der Waals surface area (Å²) in [6, 6.07) is 3.99. The molecule has 0 aliphatic carbocycles. The van der Waals surface area contributed by atoms with Gasteiger partial charge in [-0.15, -0.1) is 0 Å². The molecule has 2 aromatic heterocycles. The molecule has 0 atom stereocenters. The van der Waals surface area contributed by atoms with Crippen molar-refractivity contribution in [3.63, 3.8) is 0 Å². The lowest BCUT2D eigenvalue weighted by atomic mass is 10.2. The van der Waals surface area contributed by atoms with Gasteiger partial charge in [0.05, 0.1) is 6.20 Å². The molecule has 5 heteroatoms. The molecule has 2 aromatic rings. The number of rotatable bonds is 2. The van der Waals surface area contributed by atoms with Crippen LogP contribution in [0.25, 0.3) is 11.3 Å². The van der Waals surface area contributed by atoms with Crippen molar-refractivity contribution < 1.29 is 18.7 Å². The van der Waals surface area contributed by atoms with Gasteiger partial charge in [0.15, 0.2) is 0 Å². The fourth-order valence-electron chi connectivity index (χ4n) is 1.15. The zero-order chi connectivity index (χ0) is 10.8. The van der Waals surface area contributed by atoms with Crippen LogP contribution in [0.5, 0.6) is 0 Å². The highest BCUT2D eigenvalue weighted by atomic mass is 19.1. The summed E-state index contributed by atoms with van der Waals surface area (Å²) >= 11 is 0. The minimum Gasteiger partial charge on any atom is -0.475 e. The first-order valence-electron chi connectivity index (χ1n) is 4.11. The van der Waals surface area contributed by atoms with Gasteiger partial charge >= 0.3 is 5.97 Å². The second kappa shape index (κ2) is 3.53. The van der Waals surface area contributed by atoms with Gasteiger partial charge in [0.2, 0.25) is 5.76 Å². The number of carboxylic acids is 1. The quantitative estimate of drug-likeness (QED) is 0.819. The number of hydrogen-bond acceptors (Lipinski definition) is 3. The average Bonchev–Trinajstić information content (AvgIpc) is 2.66. The van der Waals surface area contributed by atoms with E-state index in [9.17, 15) is 9.18 Å². The molecule has 2 heterocycles. The van der Waals surface area contributed by atoms with Gasteiger partial charge in [0.25, 0.3) is 0 Å². The van der Waals surface area contributed by atoms with Crippen LogP contribution in [0.4, 0.5) is 4.39 Å². The van der Waals surface area contributed by atoms with Crippen LogP contribution in [-0.2, 0) is 0 Å². The van der Waals surface area contributed by atoms with Crippen molar-refractivity contribution in [2.75, 3.05) is 0 Å². The molecule has 0 aliphatic rings. The Morgan fingerprint density at radius 2 is 2.20 bits per heavy atom. The number of pyridine rings is 1. The zero-order valence-electron chi connectivity index (χ0n) is 7.48. The van der Waals surface area contributed by atoms with E-state index >= 15 is 0 Å². The third kappa shape index (κ3) is 1.85. The van der Waals surface area contributed by atoms with Crippen LogP contribution in [0.2, 0.25) is 0 Å². The highest BCUT2D eigenvalue weighted by molar-refractivity contribution is 5.85. The second-order valence-electron chi connectivity index (χ2n) is 2.86. The van der Waals surface area contributed by atoms with Crippen molar-refractivity contribution in [2.45, 2.75) is 0 Å². The normalized spacial score (nSPS) is 10.2. The topological polar surface area (TPSA) is 63.3 Å². The highest BCUT2D eigenvalue weighted by Gasteiger charge is 2.10. The predicted octanol–water partition coefficient (Wildman–Crippen LogP) is 2.18. The minimum atomic E-state index is -1.16. The Hall–Kier alpha value is -2.17. The van der Waals surface area contributed by atoms with E-state index in [2.05, 4.69) is 4.98 Å². The number of furan rings is 1. The second-order valence-corrected chi connectivity index (χ2v) is 2.86. The van der Waals surface area contributed by atoms with E-state index in [1.807, 2.05) is 0 Å². The summed E-state index contributed by atoms with van der Waals surface area (Å²) in [6.45, 7) is 0. The summed E-state index contributed by atoms with van der Waals surface area (Å²) in [7, 11) is 0. The average molecular weight is 207 g/mol. The summed E-state index contributed by atoms with van der Waals surface area (Å²) in [6.07, 6.45) is 2.46. The number of carbonyl (C=O) groups is 1. The number of aromatic nitrogens is 1. The molecule has 0 spiro atoms. The molecule has 0 fully saturated rings. The summed E-state index contributed by atoms with van der Waals surface area (Å²) < 4.78 is 17.8. The SMILES string of the molecule is O=C(O)c1ccc(-c2cncc(F)c2)o1. The maximum atomic E-state index is 12.8. The van der Waals surface area contributed by atoms with Gasteiger partial charge < -0.3 is 9.52 Å². The third-order valence-corrected chi connectivity index (χ3v) is 1.81. The van der Waals surface area contributed by atoms with E-state index in [-0.39, 0.29) is 11.5 Å². The van der Waals surface area contributed by atoms with Gasteiger partial charge in [-0.2, -0.15) is 0 Å². The molecule has 0 unspecified atom stereocenters. The van der Waals surface area contributed by atoms with Crippen LogP contribution in [0.1, 0.15) is 10.6 Å². The smallest absolute Gasteiger partial charge is 0.371 e. The Kier molecular flexibility index (Phi) is 2.21. The molecule has 0 aromatic carbocycles. The van der Waals surface area contributed by atoms with Crippen molar-refractivity contribution in [2.24, 2.45) is 0 Å². The molecular weight excluding hydrogens is 201 g/mol. The monoisotopic (exact) mass is 207 g/mol. The van der Waals surface area contributed by atoms with Crippen molar-refractivity contribution in [1.82, 2.24) is 4.98 Å². The maximum absolute atomic E-state index is 12.8. The largest absolute Gasteiger partial charge is 0.475 e. The first-order chi connectivity index (χ1) is 7.16. The van der Waals surface area contributed by atoms with Crippen LogP contribution >= 0.6 is 0 Å². The van der Waals surface area contributed by atoms with Crippen LogP contribution in [0, 0.1) is 5.82 Å².